The van der Waals surface area contributed by atoms with Crippen molar-refractivity contribution >= 4 is 5.97 Å². The maximum atomic E-state index is 11.4. The summed E-state index contributed by atoms with van der Waals surface area (Å²) in [6, 6.07) is 5.15. The number of benzene rings is 1. The van der Waals surface area contributed by atoms with Gasteiger partial charge in [0, 0.05) is 11.6 Å². The average Bonchev–Trinajstić information content (AvgIpc) is 2.42. The zero-order valence-corrected chi connectivity index (χ0v) is 12.2. The van der Waals surface area contributed by atoms with Gasteiger partial charge in [0.15, 0.2) is 6.61 Å². The molecule has 0 aliphatic rings. The fraction of sp³-hybridized carbons (Fsp3) is 0.533. The largest absolute Gasteiger partial charge is 0.493 e. The Kier molecular flexibility index (Phi) is 6.87. The molecule has 0 spiro atoms. The Morgan fingerprint density at radius 2 is 2.05 bits per heavy atom. The second-order valence-electron chi connectivity index (χ2n) is 4.60. The molecule has 0 aliphatic heterocycles. The predicted octanol–water partition coefficient (Wildman–Crippen LogP) is 2.30. The molecule has 1 rings (SSSR count). The van der Waals surface area contributed by atoms with Crippen LogP contribution in [0.3, 0.4) is 0 Å². The summed E-state index contributed by atoms with van der Waals surface area (Å²) in [5.74, 6) is 0.641. The van der Waals surface area contributed by atoms with Crippen LogP contribution in [0.5, 0.6) is 11.5 Å². The molecule has 0 unspecified atom stereocenters. The molecule has 0 aromatic heterocycles. The maximum absolute atomic E-state index is 11.4. The smallest absolute Gasteiger partial charge is 0.344 e. The summed E-state index contributed by atoms with van der Waals surface area (Å²) in [4.78, 5) is 11.4. The highest BCUT2D eigenvalue weighted by Gasteiger charge is 2.10. The summed E-state index contributed by atoms with van der Waals surface area (Å²) in [5, 5.41) is 9.26. The van der Waals surface area contributed by atoms with Gasteiger partial charge in [0.25, 0.3) is 0 Å². The molecule has 0 fully saturated rings. The molecule has 0 aliphatic carbocycles. The third-order valence-corrected chi connectivity index (χ3v) is 2.39. The van der Waals surface area contributed by atoms with Gasteiger partial charge in [0.2, 0.25) is 0 Å². The molecule has 112 valence electrons. The van der Waals surface area contributed by atoms with Gasteiger partial charge >= 0.3 is 5.97 Å². The van der Waals surface area contributed by atoms with Crippen LogP contribution in [0, 0.1) is 0 Å². The van der Waals surface area contributed by atoms with Crippen molar-refractivity contribution in [3.05, 3.63) is 23.8 Å². The molecular weight excluding hydrogens is 260 g/mol. The molecule has 0 saturated carbocycles. The zero-order chi connectivity index (χ0) is 15.0. The molecule has 20 heavy (non-hydrogen) atoms. The Balaban J connectivity index is 2.68. The molecule has 0 saturated heterocycles. The molecule has 1 N–H and O–H groups in total. The standard InChI is InChI=1S/C15H22O5/c1-4-7-18-13-6-5-12(9-16)14(8-13)19-10-15(17)20-11(2)3/h5-6,8,11,16H,4,7,9-10H2,1-3H3. The van der Waals surface area contributed by atoms with Crippen LogP contribution >= 0.6 is 0 Å². The van der Waals surface area contributed by atoms with Gasteiger partial charge in [0.05, 0.1) is 19.3 Å². The summed E-state index contributed by atoms with van der Waals surface area (Å²) >= 11 is 0. The molecule has 1 aromatic carbocycles. The van der Waals surface area contributed by atoms with Crippen LogP contribution in [0.2, 0.25) is 0 Å². The Hall–Kier alpha value is -1.75. The van der Waals surface area contributed by atoms with E-state index in [0.29, 0.717) is 23.7 Å². The number of aliphatic hydroxyl groups excluding tert-OH is 1. The van der Waals surface area contributed by atoms with Crippen molar-refractivity contribution in [3.63, 3.8) is 0 Å². The van der Waals surface area contributed by atoms with E-state index in [-0.39, 0.29) is 19.3 Å². The summed E-state index contributed by atoms with van der Waals surface area (Å²) in [6.07, 6.45) is 0.723. The van der Waals surface area contributed by atoms with Gasteiger partial charge in [-0.3, -0.25) is 0 Å². The summed E-state index contributed by atoms with van der Waals surface area (Å²) in [7, 11) is 0. The average molecular weight is 282 g/mol. The molecule has 0 atom stereocenters. The van der Waals surface area contributed by atoms with Crippen molar-refractivity contribution in [2.45, 2.75) is 39.9 Å². The van der Waals surface area contributed by atoms with E-state index in [4.69, 9.17) is 14.2 Å². The van der Waals surface area contributed by atoms with Crippen molar-refractivity contribution < 1.29 is 24.1 Å². The number of carbonyl (C=O) groups excluding carboxylic acids is 1. The second-order valence-corrected chi connectivity index (χ2v) is 4.60. The first-order valence-corrected chi connectivity index (χ1v) is 6.75. The van der Waals surface area contributed by atoms with Crippen molar-refractivity contribution in [1.29, 1.82) is 0 Å². The van der Waals surface area contributed by atoms with Crippen molar-refractivity contribution in [1.82, 2.24) is 0 Å². The van der Waals surface area contributed by atoms with E-state index in [9.17, 15) is 9.90 Å². The number of ether oxygens (including phenoxy) is 3. The lowest BCUT2D eigenvalue weighted by Crippen LogP contribution is -2.19. The Morgan fingerprint density at radius 3 is 2.65 bits per heavy atom. The topological polar surface area (TPSA) is 65.0 Å². The number of rotatable bonds is 8. The lowest BCUT2D eigenvalue weighted by atomic mass is 10.2. The third-order valence-electron chi connectivity index (χ3n) is 2.39. The summed E-state index contributed by atoms with van der Waals surface area (Å²) in [5.41, 5.74) is 0.603. The lowest BCUT2D eigenvalue weighted by Gasteiger charge is -2.13. The van der Waals surface area contributed by atoms with E-state index in [1.165, 1.54) is 0 Å². The van der Waals surface area contributed by atoms with Crippen LogP contribution in [0.15, 0.2) is 18.2 Å². The normalized spacial score (nSPS) is 10.4. The van der Waals surface area contributed by atoms with Gasteiger partial charge in [-0.05, 0) is 32.4 Å². The number of hydrogen-bond acceptors (Lipinski definition) is 5. The van der Waals surface area contributed by atoms with Crippen molar-refractivity contribution in [2.24, 2.45) is 0 Å². The lowest BCUT2D eigenvalue weighted by molar-refractivity contribution is -0.149. The molecule has 1 aromatic rings. The van der Waals surface area contributed by atoms with E-state index in [0.717, 1.165) is 6.42 Å². The molecule has 0 bridgehead atoms. The van der Waals surface area contributed by atoms with Crippen LogP contribution < -0.4 is 9.47 Å². The van der Waals surface area contributed by atoms with Gasteiger partial charge in [-0.2, -0.15) is 0 Å². The fourth-order valence-electron chi connectivity index (χ4n) is 1.54. The Morgan fingerprint density at radius 1 is 1.30 bits per heavy atom. The van der Waals surface area contributed by atoms with E-state index >= 15 is 0 Å². The molecule has 0 radical (unpaired) electrons. The molecule has 5 nitrogen and oxygen atoms in total. The van der Waals surface area contributed by atoms with Crippen LogP contribution in [0.4, 0.5) is 0 Å². The van der Waals surface area contributed by atoms with E-state index < -0.39 is 5.97 Å². The molecule has 0 amide bonds. The van der Waals surface area contributed by atoms with E-state index in [1.807, 2.05) is 6.92 Å². The summed E-state index contributed by atoms with van der Waals surface area (Å²) < 4.78 is 15.9. The van der Waals surface area contributed by atoms with E-state index in [1.54, 1.807) is 32.0 Å². The van der Waals surface area contributed by atoms with Gasteiger partial charge in [-0.25, -0.2) is 4.79 Å². The maximum Gasteiger partial charge on any atom is 0.344 e. The van der Waals surface area contributed by atoms with Gasteiger partial charge < -0.3 is 19.3 Å². The highest BCUT2D eigenvalue weighted by molar-refractivity contribution is 5.71. The zero-order valence-electron chi connectivity index (χ0n) is 12.2. The van der Waals surface area contributed by atoms with Gasteiger partial charge in [-0.1, -0.05) is 6.92 Å². The minimum atomic E-state index is -0.441. The third kappa shape index (κ3) is 5.48. The van der Waals surface area contributed by atoms with Crippen LogP contribution in [-0.2, 0) is 16.1 Å². The van der Waals surface area contributed by atoms with Gasteiger partial charge in [-0.15, -0.1) is 0 Å². The molecule has 0 heterocycles. The Labute approximate surface area is 119 Å². The fourth-order valence-corrected chi connectivity index (χ4v) is 1.54. The van der Waals surface area contributed by atoms with E-state index in [2.05, 4.69) is 0 Å². The monoisotopic (exact) mass is 282 g/mol. The number of hydrogen-bond donors (Lipinski definition) is 1. The Bertz CT molecular complexity index is 428. The van der Waals surface area contributed by atoms with Crippen LogP contribution in [0.25, 0.3) is 0 Å². The first kappa shape index (κ1) is 16.3. The number of esters is 1. The predicted molar refractivity (Wildman–Crippen MR) is 74.9 cm³/mol. The summed E-state index contributed by atoms with van der Waals surface area (Å²) in [6.45, 7) is 5.81. The minimum absolute atomic E-state index is 0.164. The van der Waals surface area contributed by atoms with Crippen molar-refractivity contribution in [3.8, 4) is 11.5 Å². The number of aliphatic hydroxyl groups is 1. The minimum Gasteiger partial charge on any atom is -0.493 e. The van der Waals surface area contributed by atoms with Crippen LogP contribution in [-0.4, -0.2) is 30.4 Å². The SMILES string of the molecule is CCCOc1ccc(CO)c(OCC(=O)OC(C)C)c1. The van der Waals surface area contributed by atoms with Gasteiger partial charge in [0.1, 0.15) is 11.5 Å². The second kappa shape index (κ2) is 8.43. The highest BCUT2D eigenvalue weighted by atomic mass is 16.6. The first-order valence-electron chi connectivity index (χ1n) is 6.75. The molecular formula is C15H22O5. The quantitative estimate of drug-likeness (QED) is 0.741. The first-order chi connectivity index (χ1) is 9.56. The highest BCUT2D eigenvalue weighted by Crippen LogP contribution is 2.25. The molecule has 5 heteroatoms. The number of carbonyl (C=O) groups is 1. The van der Waals surface area contributed by atoms with Crippen LogP contribution in [0.1, 0.15) is 32.8 Å². The van der Waals surface area contributed by atoms with Crippen molar-refractivity contribution in [2.75, 3.05) is 13.2 Å².